The molecule has 0 amide bonds. The summed E-state index contributed by atoms with van der Waals surface area (Å²) in [6.07, 6.45) is 3.40. The van der Waals surface area contributed by atoms with Crippen LogP contribution in [0, 0.1) is 0 Å². The number of rotatable bonds is 2. The molecule has 42 heavy (non-hydrogen) atoms. The molecule has 5 aromatic rings. The van der Waals surface area contributed by atoms with Crippen molar-refractivity contribution < 1.29 is 32.8 Å². The molecule has 11 heteroatoms. The normalized spacial score (nSPS) is 25.0. The molecule has 4 aromatic carbocycles. The van der Waals surface area contributed by atoms with E-state index in [1.165, 1.54) is 0 Å². The van der Waals surface area contributed by atoms with Gasteiger partial charge in [0.05, 0.1) is 30.4 Å². The van der Waals surface area contributed by atoms with E-state index in [2.05, 4.69) is 0 Å². The Kier molecular flexibility index (Phi) is 3.71. The SMILES string of the molecule is COc1cccc2c1C1(N)c3c(ccc4c3P3(=O)c5c-4ccc4c5C(N)(c5c(OC)cccc5O4)[n+]4ncc[n+]1c43)O2. The van der Waals surface area contributed by atoms with E-state index < -0.39 is 18.5 Å². The summed E-state index contributed by atoms with van der Waals surface area (Å²) < 4.78 is 44.2. The van der Waals surface area contributed by atoms with Crippen molar-refractivity contribution in [1.82, 2.24) is 5.10 Å². The van der Waals surface area contributed by atoms with Crippen LogP contribution >= 0.6 is 7.14 Å². The third-order valence-corrected chi connectivity index (χ3v) is 12.5. The Bertz CT molecular complexity index is 2070. The summed E-state index contributed by atoms with van der Waals surface area (Å²) in [5.41, 5.74) is 17.0. The Morgan fingerprint density at radius 1 is 0.738 bits per heavy atom. The number of benzene rings is 4. The Morgan fingerprint density at radius 2 is 1.26 bits per heavy atom. The minimum atomic E-state index is -3.62. The van der Waals surface area contributed by atoms with Gasteiger partial charge in [0.25, 0.3) is 5.66 Å². The first kappa shape index (κ1) is 22.9. The maximum Gasteiger partial charge on any atom is 0.510 e. The number of hydrogen-bond acceptors (Lipinski definition) is 8. The van der Waals surface area contributed by atoms with Crippen LogP contribution in [0.25, 0.3) is 11.1 Å². The molecule has 0 bridgehead atoms. The molecule has 0 aliphatic carbocycles. The topological polar surface area (TPSA) is 127 Å². The molecule has 10 nitrogen and oxygen atoms in total. The number of hydrogen-bond donors (Lipinski definition) is 2. The highest BCUT2D eigenvalue weighted by molar-refractivity contribution is 7.86. The van der Waals surface area contributed by atoms with E-state index in [0.717, 1.165) is 11.1 Å². The molecule has 5 aliphatic rings. The Morgan fingerprint density at radius 3 is 1.83 bits per heavy atom. The molecule has 4 N–H and O–H groups in total. The predicted molar refractivity (Wildman–Crippen MR) is 150 cm³/mol. The molecule has 5 aliphatic heterocycles. The van der Waals surface area contributed by atoms with Gasteiger partial charge in [-0.3, -0.25) is 16.0 Å². The maximum absolute atomic E-state index is 16.1. The average molecular weight is 576 g/mol. The third kappa shape index (κ3) is 2.07. The van der Waals surface area contributed by atoms with Gasteiger partial charge in [-0.05, 0) is 59.7 Å². The van der Waals surface area contributed by atoms with Gasteiger partial charge in [-0.2, -0.15) is 0 Å². The van der Waals surface area contributed by atoms with Gasteiger partial charge in [-0.1, -0.05) is 12.1 Å². The predicted octanol–water partition coefficient (Wildman–Crippen LogP) is 1.55. The molecule has 6 heterocycles. The van der Waals surface area contributed by atoms with Crippen LogP contribution in [-0.2, 0) is 15.9 Å². The molecular formula is C31H22N5O5P+2. The summed E-state index contributed by atoms with van der Waals surface area (Å²) >= 11 is 0. The zero-order valence-electron chi connectivity index (χ0n) is 22.4. The van der Waals surface area contributed by atoms with Crippen molar-refractivity contribution in [3.05, 3.63) is 95.3 Å². The molecule has 0 radical (unpaired) electrons. The summed E-state index contributed by atoms with van der Waals surface area (Å²) in [5, 5.41) is 6.10. The Labute approximate surface area is 239 Å². The number of nitrogens with two attached hydrogens (primary N) is 2. The first-order chi connectivity index (χ1) is 20.4. The zero-order valence-corrected chi connectivity index (χ0v) is 23.3. The molecule has 0 spiro atoms. The van der Waals surface area contributed by atoms with E-state index in [1.54, 1.807) is 31.3 Å². The highest BCUT2D eigenvalue weighted by atomic mass is 31.2. The second kappa shape index (κ2) is 6.82. The van der Waals surface area contributed by atoms with E-state index >= 15 is 4.57 Å². The number of nitrogens with zero attached hydrogens (tertiary/aromatic N) is 3. The fourth-order valence-electron chi connectivity index (χ4n) is 7.87. The van der Waals surface area contributed by atoms with Crippen molar-refractivity contribution in [1.29, 1.82) is 0 Å². The van der Waals surface area contributed by atoms with Crippen molar-refractivity contribution in [3.8, 4) is 45.6 Å². The molecule has 0 saturated carbocycles. The van der Waals surface area contributed by atoms with Crippen LogP contribution in [0.15, 0.2) is 73.1 Å². The van der Waals surface area contributed by atoms with Gasteiger partial charge in [-0.25, -0.2) is 0 Å². The van der Waals surface area contributed by atoms with Crippen LogP contribution in [0.1, 0.15) is 22.3 Å². The number of fused-ring (bicyclic) bond motifs is 7. The summed E-state index contributed by atoms with van der Waals surface area (Å²) in [6, 6.07) is 18.8. The lowest BCUT2D eigenvalue weighted by Gasteiger charge is -2.40. The minimum Gasteiger partial charge on any atom is -0.496 e. The largest absolute Gasteiger partial charge is 0.510 e. The van der Waals surface area contributed by atoms with Crippen LogP contribution in [0.3, 0.4) is 0 Å². The van der Waals surface area contributed by atoms with Gasteiger partial charge in [0.2, 0.25) is 6.20 Å². The molecule has 3 atom stereocenters. The van der Waals surface area contributed by atoms with Crippen LogP contribution in [-0.4, -0.2) is 19.3 Å². The van der Waals surface area contributed by atoms with Gasteiger partial charge < -0.3 is 18.9 Å². The van der Waals surface area contributed by atoms with Crippen LogP contribution in [0.4, 0.5) is 0 Å². The molecular weight excluding hydrogens is 553 g/mol. The van der Waals surface area contributed by atoms with Gasteiger partial charge in [0.15, 0.2) is 6.20 Å². The Balaban J connectivity index is 1.47. The summed E-state index contributed by atoms with van der Waals surface area (Å²) in [4.78, 5) is 0. The second-order valence-electron chi connectivity index (χ2n) is 11.1. The maximum atomic E-state index is 16.1. The van der Waals surface area contributed by atoms with Gasteiger partial charge >= 0.3 is 18.4 Å². The second-order valence-corrected chi connectivity index (χ2v) is 13.6. The monoisotopic (exact) mass is 575 g/mol. The molecule has 10 rings (SSSR count). The lowest BCUT2D eigenvalue weighted by atomic mass is 9.84. The summed E-state index contributed by atoms with van der Waals surface area (Å²) in [6.45, 7) is 0. The first-order valence-corrected chi connectivity index (χ1v) is 15.2. The standard InChI is InChI=1S/C31H22N5O5P/c1-38-17-5-3-7-19-23(17)30(32)25-21(40-19)11-9-15-16-10-12-22-26-28(16)42(37,27(15)25)29-35(30)14-13-34-36(29)31(26,33)24-18(39-2)6-4-8-20(24)41-22/h3-14H,32-33H2,1-2H3/q+2. The first-order valence-electron chi connectivity index (χ1n) is 13.5. The van der Waals surface area contributed by atoms with Crippen molar-refractivity contribution in [3.63, 3.8) is 0 Å². The van der Waals surface area contributed by atoms with Crippen LogP contribution in [0.5, 0.6) is 34.5 Å². The van der Waals surface area contributed by atoms with E-state index in [9.17, 15) is 0 Å². The smallest absolute Gasteiger partial charge is 0.496 e. The van der Waals surface area contributed by atoms with E-state index in [1.807, 2.05) is 65.2 Å². The van der Waals surface area contributed by atoms with Crippen molar-refractivity contribution in [2.45, 2.75) is 11.3 Å². The highest BCUT2D eigenvalue weighted by Crippen LogP contribution is 2.64. The molecule has 0 fully saturated rings. The molecule has 1 aromatic heterocycles. The molecule has 0 saturated heterocycles. The number of aromatic nitrogens is 3. The van der Waals surface area contributed by atoms with Crippen molar-refractivity contribution >= 4 is 23.3 Å². The minimum absolute atomic E-state index is 0.404. The van der Waals surface area contributed by atoms with Crippen molar-refractivity contribution in [2.24, 2.45) is 11.5 Å². The zero-order chi connectivity index (χ0) is 28.3. The lowest BCUT2D eigenvalue weighted by molar-refractivity contribution is -0.869. The average Bonchev–Trinajstić information content (AvgIpc) is 3.28. The summed E-state index contributed by atoms with van der Waals surface area (Å²) in [5.74, 6) is 3.24. The fraction of sp³-hybridized carbons (Fsp3) is 0.129. The Hall–Kier alpha value is -4.76. The summed E-state index contributed by atoms with van der Waals surface area (Å²) in [7, 11) is -0.430. The quantitative estimate of drug-likeness (QED) is 0.235. The number of ether oxygens (including phenoxy) is 4. The van der Waals surface area contributed by atoms with Gasteiger partial charge in [0, 0.05) is 9.78 Å². The number of methoxy groups -OCH3 is 2. The lowest BCUT2D eigenvalue weighted by Crippen LogP contribution is -2.88. The molecule has 204 valence electrons. The van der Waals surface area contributed by atoms with Crippen LogP contribution in [0.2, 0.25) is 0 Å². The van der Waals surface area contributed by atoms with Crippen LogP contribution < -0.4 is 55.8 Å². The van der Waals surface area contributed by atoms with E-state index in [4.69, 9.17) is 35.5 Å². The molecule has 3 unspecified atom stereocenters. The van der Waals surface area contributed by atoms with Gasteiger partial charge in [0.1, 0.15) is 51.2 Å². The van der Waals surface area contributed by atoms with Gasteiger partial charge in [-0.15, -0.1) is 4.57 Å². The van der Waals surface area contributed by atoms with E-state index in [0.29, 0.717) is 72.9 Å². The van der Waals surface area contributed by atoms with Crippen molar-refractivity contribution in [2.75, 3.05) is 14.2 Å². The van der Waals surface area contributed by atoms with E-state index in [-0.39, 0.29) is 0 Å². The highest BCUT2D eigenvalue weighted by Gasteiger charge is 2.75. The third-order valence-electron chi connectivity index (χ3n) is 9.38. The fourth-order valence-corrected chi connectivity index (χ4v) is 11.8.